The Labute approximate surface area is 173 Å². The van der Waals surface area contributed by atoms with E-state index in [0.29, 0.717) is 22.8 Å². The van der Waals surface area contributed by atoms with Gasteiger partial charge in [-0.2, -0.15) is 5.26 Å². The van der Waals surface area contributed by atoms with Crippen LogP contribution in [0.15, 0.2) is 30.2 Å². The Kier molecular flexibility index (Phi) is 5.38. The van der Waals surface area contributed by atoms with E-state index in [0.717, 1.165) is 29.2 Å². The summed E-state index contributed by atoms with van der Waals surface area (Å²) in [6.45, 7) is 3.94. The smallest absolute Gasteiger partial charge is 0.244 e. The lowest BCUT2D eigenvalue weighted by Crippen LogP contribution is -2.37. The Morgan fingerprint density at radius 1 is 1.38 bits per heavy atom. The molecule has 1 aromatic heterocycles. The highest BCUT2D eigenvalue weighted by molar-refractivity contribution is 7.99. The number of amides is 1. The number of nitriles is 1. The fraction of sp³-hybridized carbons (Fsp3) is 0.300. The topological polar surface area (TPSA) is 115 Å². The second-order valence-electron chi connectivity index (χ2n) is 6.83. The summed E-state index contributed by atoms with van der Waals surface area (Å²) in [6, 6.07) is 8.09. The molecule has 148 valence electrons. The number of carbonyl (C=O) groups is 1. The Bertz CT molecular complexity index is 1040. The number of carbonyl (C=O) groups excluding carboxylic acids is 1. The van der Waals surface area contributed by atoms with Gasteiger partial charge in [0.05, 0.1) is 23.1 Å². The minimum atomic E-state index is -0.262. The molecular formula is C20H21N7OS. The van der Waals surface area contributed by atoms with Crippen molar-refractivity contribution in [2.45, 2.75) is 26.3 Å². The molecular weight excluding hydrogens is 386 g/mol. The summed E-state index contributed by atoms with van der Waals surface area (Å²) < 4.78 is 0. The van der Waals surface area contributed by atoms with Gasteiger partial charge < -0.3 is 10.6 Å². The van der Waals surface area contributed by atoms with Crippen molar-refractivity contribution in [3.8, 4) is 6.07 Å². The third-order valence-electron chi connectivity index (χ3n) is 4.85. The molecule has 4 N–H and O–H groups in total. The van der Waals surface area contributed by atoms with Gasteiger partial charge in [0.15, 0.2) is 0 Å². The van der Waals surface area contributed by atoms with E-state index >= 15 is 0 Å². The molecule has 0 spiro atoms. The summed E-state index contributed by atoms with van der Waals surface area (Å²) in [5.41, 5.74) is 4.64. The van der Waals surface area contributed by atoms with Gasteiger partial charge >= 0.3 is 0 Å². The monoisotopic (exact) mass is 407 g/mol. The zero-order chi connectivity index (χ0) is 20.4. The highest BCUT2D eigenvalue weighted by Gasteiger charge is 2.25. The number of hydrogen-bond donors (Lipinski definition) is 4. The first-order chi connectivity index (χ1) is 14.1. The lowest BCUT2D eigenvalue weighted by molar-refractivity contribution is -0.117. The van der Waals surface area contributed by atoms with Crippen molar-refractivity contribution in [2.75, 3.05) is 27.6 Å². The molecule has 1 saturated heterocycles. The number of rotatable bonds is 4. The van der Waals surface area contributed by atoms with E-state index < -0.39 is 0 Å². The van der Waals surface area contributed by atoms with Gasteiger partial charge in [-0.3, -0.25) is 15.4 Å². The Morgan fingerprint density at radius 2 is 2.21 bits per heavy atom. The molecule has 1 amide bonds. The summed E-state index contributed by atoms with van der Waals surface area (Å²) in [7, 11) is 0. The van der Waals surface area contributed by atoms with Gasteiger partial charge in [-0.15, -0.1) is 11.8 Å². The van der Waals surface area contributed by atoms with Crippen LogP contribution in [0.2, 0.25) is 0 Å². The molecule has 2 aromatic rings. The first-order valence-corrected chi connectivity index (χ1v) is 10.5. The molecule has 9 heteroatoms. The third kappa shape index (κ3) is 3.90. The lowest BCUT2D eigenvalue weighted by atomic mass is 10.1. The first-order valence-electron chi connectivity index (χ1n) is 9.36. The lowest BCUT2D eigenvalue weighted by Gasteiger charge is -2.12. The summed E-state index contributed by atoms with van der Waals surface area (Å²) in [5.74, 6) is 2.05. The van der Waals surface area contributed by atoms with E-state index in [1.165, 1.54) is 5.56 Å². The normalized spacial score (nSPS) is 19.0. The van der Waals surface area contributed by atoms with Gasteiger partial charge in [0.25, 0.3) is 0 Å². The summed E-state index contributed by atoms with van der Waals surface area (Å²) in [6.07, 6.45) is 2.55. The molecule has 1 fully saturated rings. The quantitative estimate of drug-likeness (QED) is 0.572. The van der Waals surface area contributed by atoms with Gasteiger partial charge in [0.1, 0.15) is 17.5 Å². The van der Waals surface area contributed by atoms with E-state index in [9.17, 15) is 10.1 Å². The van der Waals surface area contributed by atoms with Crippen LogP contribution in [0.25, 0.3) is 5.57 Å². The summed E-state index contributed by atoms with van der Waals surface area (Å²) in [5, 5.41) is 22.2. The molecule has 4 rings (SSSR count). The fourth-order valence-corrected chi connectivity index (χ4v) is 4.13. The van der Waals surface area contributed by atoms with E-state index in [1.54, 1.807) is 18.0 Å². The molecule has 1 atom stereocenters. The predicted octanol–water partition coefficient (Wildman–Crippen LogP) is 2.68. The number of aromatic nitrogens is 2. The maximum absolute atomic E-state index is 12.3. The zero-order valence-electron chi connectivity index (χ0n) is 16.2. The molecule has 0 aliphatic carbocycles. The fourth-order valence-electron chi connectivity index (χ4n) is 3.19. The van der Waals surface area contributed by atoms with E-state index in [2.05, 4.69) is 56.4 Å². The number of fused-ring (bicyclic) bond motifs is 1. The number of nitrogens with zero attached hydrogens (tertiary/aromatic N) is 3. The van der Waals surface area contributed by atoms with Crippen LogP contribution in [0.3, 0.4) is 0 Å². The maximum atomic E-state index is 12.3. The molecule has 2 aliphatic heterocycles. The van der Waals surface area contributed by atoms with Crippen molar-refractivity contribution in [1.29, 1.82) is 5.26 Å². The number of thioether (sulfide) groups is 1. The largest absolute Gasteiger partial charge is 0.339 e. The SMILES string of the molecule is CCc1ccc2c(c1)N/C(=C(\C#N)c1nc(NC(=O)[C@@H]3CSCN3)ncc1C)N2. The number of hydrogen-bond acceptors (Lipinski definition) is 8. The first kappa shape index (κ1) is 19.2. The molecule has 2 aliphatic rings. The third-order valence-corrected chi connectivity index (χ3v) is 5.79. The van der Waals surface area contributed by atoms with Crippen molar-refractivity contribution in [3.63, 3.8) is 0 Å². The summed E-state index contributed by atoms with van der Waals surface area (Å²) in [4.78, 5) is 21.0. The van der Waals surface area contributed by atoms with Gasteiger partial charge in [-0.05, 0) is 36.6 Å². The van der Waals surface area contributed by atoms with Crippen LogP contribution >= 0.6 is 11.8 Å². The minimum absolute atomic E-state index is 0.174. The molecule has 29 heavy (non-hydrogen) atoms. The Balaban J connectivity index is 1.63. The van der Waals surface area contributed by atoms with E-state index in [-0.39, 0.29) is 17.9 Å². The predicted molar refractivity (Wildman–Crippen MR) is 115 cm³/mol. The number of anilines is 3. The maximum Gasteiger partial charge on any atom is 0.244 e. The zero-order valence-corrected chi connectivity index (χ0v) is 17.0. The Hall–Kier alpha value is -3.09. The van der Waals surface area contributed by atoms with Crippen molar-refractivity contribution < 1.29 is 4.79 Å². The minimum Gasteiger partial charge on any atom is -0.339 e. The van der Waals surface area contributed by atoms with Gasteiger partial charge in [-0.1, -0.05) is 13.0 Å². The second-order valence-corrected chi connectivity index (χ2v) is 7.86. The second kappa shape index (κ2) is 8.11. The molecule has 8 nitrogen and oxygen atoms in total. The standard InChI is InChI=1S/C20H21N7OS/c1-3-12-4-5-14-15(6-12)25-18(24-14)13(7-21)17-11(2)8-22-20(26-17)27-19(28)16-9-29-10-23-16/h4-6,8,16,23-25H,3,9-10H2,1-2H3,(H,22,26,27,28)/b18-13+/t16-/m0/s1. The molecule has 0 bridgehead atoms. The molecule has 0 unspecified atom stereocenters. The molecule has 0 saturated carbocycles. The average Bonchev–Trinajstić information content (AvgIpc) is 3.40. The van der Waals surface area contributed by atoms with Gasteiger partial charge in [0, 0.05) is 17.8 Å². The molecule has 0 radical (unpaired) electrons. The van der Waals surface area contributed by atoms with Crippen molar-refractivity contribution in [2.24, 2.45) is 0 Å². The van der Waals surface area contributed by atoms with Crippen LogP contribution < -0.4 is 21.3 Å². The molecule has 1 aromatic carbocycles. The van der Waals surface area contributed by atoms with Crippen molar-refractivity contribution >= 4 is 40.6 Å². The van der Waals surface area contributed by atoms with Crippen LogP contribution in [0.1, 0.15) is 23.7 Å². The molecule has 3 heterocycles. The van der Waals surface area contributed by atoms with Crippen molar-refractivity contribution in [1.82, 2.24) is 15.3 Å². The summed E-state index contributed by atoms with van der Waals surface area (Å²) >= 11 is 1.67. The van der Waals surface area contributed by atoms with Gasteiger partial charge in [0.2, 0.25) is 11.9 Å². The van der Waals surface area contributed by atoms with Crippen LogP contribution in [0.5, 0.6) is 0 Å². The number of benzene rings is 1. The Morgan fingerprint density at radius 3 is 2.93 bits per heavy atom. The highest BCUT2D eigenvalue weighted by Crippen LogP contribution is 2.34. The average molecular weight is 408 g/mol. The highest BCUT2D eigenvalue weighted by atomic mass is 32.2. The number of nitrogens with one attached hydrogen (secondary N) is 4. The number of aryl methyl sites for hydroxylation is 2. The van der Waals surface area contributed by atoms with Crippen molar-refractivity contribution in [3.05, 3.63) is 47.0 Å². The van der Waals surface area contributed by atoms with Crippen LogP contribution in [-0.4, -0.2) is 33.5 Å². The number of allylic oxidation sites excluding steroid dienone is 1. The van der Waals surface area contributed by atoms with E-state index in [4.69, 9.17) is 0 Å². The van der Waals surface area contributed by atoms with Crippen LogP contribution in [0, 0.1) is 18.3 Å². The van der Waals surface area contributed by atoms with Crippen LogP contribution in [-0.2, 0) is 11.2 Å². The van der Waals surface area contributed by atoms with Gasteiger partial charge in [-0.25, -0.2) is 9.97 Å². The van der Waals surface area contributed by atoms with Crippen LogP contribution in [0.4, 0.5) is 17.3 Å². The van der Waals surface area contributed by atoms with E-state index in [1.807, 2.05) is 13.0 Å².